The van der Waals surface area contributed by atoms with Crippen molar-refractivity contribution in [3.05, 3.63) is 29.8 Å². The fourth-order valence-corrected chi connectivity index (χ4v) is 4.00. The number of aliphatic carboxylic acids is 1. The van der Waals surface area contributed by atoms with Crippen molar-refractivity contribution >= 4 is 27.4 Å². The van der Waals surface area contributed by atoms with Crippen LogP contribution in [0.15, 0.2) is 24.3 Å². The summed E-state index contributed by atoms with van der Waals surface area (Å²) >= 11 is 0. The van der Waals surface area contributed by atoms with Crippen molar-refractivity contribution in [2.24, 2.45) is 5.92 Å². The Bertz CT molecular complexity index is 652. The van der Waals surface area contributed by atoms with Gasteiger partial charge in [0.2, 0.25) is 5.91 Å². The Balaban J connectivity index is 2.20. The standard InChI is InChI=1S/C15H19NO5S/c1-11-2-4-13(5-3-11)16(10-14(17)18)15(19)12-6-8-22(20,21)9-7-12/h2-5,12H,6-10H2,1H3,(H,17,18)/p-1. The molecular weight excluding hydrogens is 306 g/mol. The van der Waals surface area contributed by atoms with Gasteiger partial charge in [-0.1, -0.05) is 17.7 Å². The van der Waals surface area contributed by atoms with Crippen molar-refractivity contribution in [1.29, 1.82) is 0 Å². The highest BCUT2D eigenvalue weighted by Crippen LogP contribution is 2.24. The summed E-state index contributed by atoms with van der Waals surface area (Å²) in [5.74, 6) is -2.24. The quantitative estimate of drug-likeness (QED) is 0.771. The van der Waals surface area contributed by atoms with Gasteiger partial charge in [-0.15, -0.1) is 0 Å². The first-order valence-electron chi connectivity index (χ1n) is 7.07. The molecule has 0 bridgehead atoms. The van der Waals surface area contributed by atoms with Crippen LogP contribution in [0.4, 0.5) is 5.69 Å². The number of aryl methyl sites for hydroxylation is 1. The average molecular weight is 324 g/mol. The number of nitrogens with zero attached hydrogens (tertiary/aromatic N) is 1. The summed E-state index contributed by atoms with van der Waals surface area (Å²) in [4.78, 5) is 24.7. The molecule has 6 nitrogen and oxygen atoms in total. The first-order chi connectivity index (χ1) is 10.3. The highest BCUT2D eigenvalue weighted by atomic mass is 32.2. The molecule has 0 atom stereocenters. The minimum Gasteiger partial charge on any atom is -0.548 e. The SMILES string of the molecule is Cc1ccc(N(CC(=O)[O-])C(=O)C2CCS(=O)(=O)CC2)cc1. The molecule has 7 heteroatoms. The highest BCUT2D eigenvalue weighted by Gasteiger charge is 2.31. The summed E-state index contributed by atoms with van der Waals surface area (Å²) in [5, 5.41) is 10.9. The summed E-state index contributed by atoms with van der Waals surface area (Å²) in [5.41, 5.74) is 1.47. The number of amides is 1. The fourth-order valence-electron chi connectivity index (χ4n) is 2.51. The Morgan fingerprint density at radius 1 is 1.18 bits per heavy atom. The molecule has 0 aromatic heterocycles. The molecule has 120 valence electrons. The van der Waals surface area contributed by atoms with Crippen LogP contribution in [0.3, 0.4) is 0 Å². The van der Waals surface area contributed by atoms with Crippen molar-refractivity contribution in [3.63, 3.8) is 0 Å². The van der Waals surface area contributed by atoms with E-state index in [2.05, 4.69) is 0 Å². The number of sulfone groups is 1. The molecule has 1 saturated heterocycles. The minimum atomic E-state index is -3.07. The minimum absolute atomic E-state index is 0.0313. The molecule has 2 rings (SSSR count). The number of hydrogen-bond acceptors (Lipinski definition) is 5. The van der Waals surface area contributed by atoms with E-state index < -0.39 is 28.3 Å². The normalized spacial score (nSPS) is 17.9. The highest BCUT2D eigenvalue weighted by molar-refractivity contribution is 7.91. The number of carboxylic acid groups (broad SMARTS) is 1. The van der Waals surface area contributed by atoms with E-state index in [-0.39, 0.29) is 30.3 Å². The molecule has 1 aliphatic heterocycles. The lowest BCUT2D eigenvalue weighted by molar-refractivity contribution is -0.303. The van der Waals surface area contributed by atoms with Crippen LogP contribution in [-0.4, -0.2) is 38.3 Å². The van der Waals surface area contributed by atoms with Crippen LogP contribution < -0.4 is 10.0 Å². The average Bonchev–Trinajstić information content (AvgIpc) is 2.45. The molecule has 0 aliphatic carbocycles. The molecule has 1 amide bonds. The van der Waals surface area contributed by atoms with Gasteiger partial charge in [-0.05, 0) is 31.9 Å². The molecule has 0 spiro atoms. The summed E-state index contributed by atoms with van der Waals surface area (Å²) in [6.45, 7) is 1.35. The van der Waals surface area contributed by atoms with Crippen LogP contribution in [0.25, 0.3) is 0 Å². The number of benzene rings is 1. The van der Waals surface area contributed by atoms with E-state index in [0.717, 1.165) is 10.5 Å². The van der Waals surface area contributed by atoms with Crippen LogP contribution in [0, 0.1) is 12.8 Å². The number of rotatable bonds is 4. The van der Waals surface area contributed by atoms with Gasteiger partial charge in [0.05, 0.1) is 24.0 Å². The van der Waals surface area contributed by atoms with Gasteiger partial charge in [-0.25, -0.2) is 8.42 Å². The van der Waals surface area contributed by atoms with Gasteiger partial charge in [0.25, 0.3) is 0 Å². The van der Waals surface area contributed by atoms with Crippen LogP contribution in [0.1, 0.15) is 18.4 Å². The van der Waals surface area contributed by atoms with Crippen molar-refractivity contribution in [1.82, 2.24) is 0 Å². The molecule has 0 radical (unpaired) electrons. The smallest absolute Gasteiger partial charge is 0.230 e. The predicted octanol–water partition coefficient (Wildman–Crippen LogP) is -0.0973. The lowest BCUT2D eigenvalue weighted by Gasteiger charge is -2.29. The largest absolute Gasteiger partial charge is 0.548 e. The Labute approximate surface area is 129 Å². The van der Waals surface area contributed by atoms with E-state index in [4.69, 9.17) is 0 Å². The van der Waals surface area contributed by atoms with Gasteiger partial charge >= 0.3 is 0 Å². The molecule has 1 fully saturated rings. The first kappa shape index (κ1) is 16.5. The fraction of sp³-hybridized carbons (Fsp3) is 0.467. The Kier molecular flexibility index (Phi) is 4.85. The maximum Gasteiger partial charge on any atom is 0.230 e. The maximum atomic E-state index is 12.6. The molecule has 0 unspecified atom stereocenters. The number of carbonyl (C=O) groups excluding carboxylic acids is 2. The van der Waals surface area contributed by atoms with Gasteiger partial charge in [-0.3, -0.25) is 4.79 Å². The van der Waals surface area contributed by atoms with Gasteiger partial charge < -0.3 is 14.8 Å². The van der Waals surface area contributed by atoms with E-state index in [0.29, 0.717) is 5.69 Å². The van der Waals surface area contributed by atoms with Crippen molar-refractivity contribution in [2.75, 3.05) is 23.0 Å². The summed E-state index contributed by atoms with van der Waals surface area (Å²) in [6, 6.07) is 6.93. The predicted molar refractivity (Wildman–Crippen MR) is 79.9 cm³/mol. The topological polar surface area (TPSA) is 94.6 Å². The Morgan fingerprint density at radius 2 is 1.73 bits per heavy atom. The van der Waals surface area contributed by atoms with Gasteiger partial charge in [0, 0.05) is 11.6 Å². The third-order valence-electron chi connectivity index (χ3n) is 3.80. The van der Waals surface area contributed by atoms with E-state index in [1.54, 1.807) is 24.3 Å². The number of carboxylic acids is 1. The molecule has 1 aromatic rings. The molecule has 1 aromatic carbocycles. The zero-order valence-corrected chi connectivity index (χ0v) is 13.1. The summed E-state index contributed by atoms with van der Waals surface area (Å²) in [6.07, 6.45) is 0.465. The molecular formula is C15H18NO5S-. The van der Waals surface area contributed by atoms with Gasteiger partial charge in [0.1, 0.15) is 9.84 Å². The zero-order chi connectivity index (χ0) is 16.3. The molecule has 1 heterocycles. The molecule has 1 aliphatic rings. The molecule has 0 saturated carbocycles. The van der Waals surface area contributed by atoms with Crippen LogP contribution in [0.5, 0.6) is 0 Å². The molecule has 0 N–H and O–H groups in total. The van der Waals surface area contributed by atoms with Crippen molar-refractivity contribution in [3.8, 4) is 0 Å². The molecule has 22 heavy (non-hydrogen) atoms. The third kappa shape index (κ3) is 4.07. The maximum absolute atomic E-state index is 12.6. The number of hydrogen-bond donors (Lipinski definition) is 0. The van der Waals surface area contributed by atoms with Crippen LogP contribution >= 0.6 is 0 Å². The first-order valence-corrected chi connectivity index (χ1v) is 8.89. The second-order valence-electron chi connectivity index (χ2n) is 5.56. The van der Waals surface area contributed by atoms with E-state index in [1.807, 2.05) is 6.92 Å². The lowest BCUT2D eigenvalue weighted by atomic mass is 10.0. The van der Waals surface area contributed by atoms with Gasteiger partial charge in [-0.2, -0.15) is 0 Å². The summed E-state index contributed by atoms with van der Waals surface area (Å²) < 4.78 is 22.9. The number of carbonyl (C=O) groups is 2. The van der Waals surface area contributed by atoms with Crippen LogP contribution in [0.2, 0.25) is 0 Å². The second kappa shape index (κ2) is 6.48. The van der Waals surface area contributed by atoms with E-state index in [9.17, 15) is 23.1 Å². The van der Waals surface area contributed by atoms with E-state index >= 15 is 0 Å². The Hall–Kier alpha value is -1.89. The zero-order valence-electron chi connectivity index (χ0n) is 12.3. The van der Waals surface area contributed by atoms with Crippen molar-refractivity contribution in [2.45, 2.75) is 19.8 Å². The number of anilines is 1. The van der Waals surface area contributed by atoms with Gasteiger partial charge in [0.15, 0.2) is 0 Å². The Morgan fingerprint density at radius 3 is 2.23 bits per heavy atom. The van der Waals surface area contributed by atoms with Crippen molar-refractivity contribution < 1.29 is 23.1 Å². The second-order valence-corrected chi connectivity index (χ2v) is 7.86. The lowest BCUT2D eigenvalue weighted by Crippen LogP contribution is -2.45. The third-order valence-corrected chi connectivity index (χ3v) is 5.52. The van der Waals surface area contributed by atoms with Crippen LogP contribution in [-0.2, 0) is 19.4 Å². The summed E-state index contributed by atoms with van der Waals surface area (Å²) in [7, 11) is -3.07. The monoisotopic (exact) mass is 324 g/mol. The van der Waals surface area contributed by atoms with E-state index in [1.165, 1.54) is 0 Å².